The highest BCUT2D eigenvalue weighted by molar-refractivity contribution is 6.23. The van der Waals surface area contributed by atoms with Crippen molar-refractivity contribution in [1.82, 2.24) is 0 Å². The van der Waals surface area contributed by atoms with E-state index < -0.39 is 0 Å². The third-order valence-corrected chi connectivity index (χ3v) is 2.96. The lowest BCUT2D eigenvalue weighted by molar-refractivity contribution is -0.135. The average Bonchev–Trinajstić information content (AvgIpc) is 2.56. The quantitative estimate of drug-likeness (QED) is 0.442. The van der Waals surface area contributed by atoms with Crippen molar-refractivity contribution in [2.45, 2.75) is 6.92 Å². The highest BCUT2D eigenvalue weighted by atomic mass is 35.5. The molecular formula is C19H19ClO2. The van der Waals surface area contributed by atoms with Gasteiger partial charge in [0.05, 0.1) is 6.26 Å². The van der Waals surface area contributed by atoms with Gasteiger partial charge in [0.2, 0.25) is 0 Å². The van der Waals surface area contributed by atoms with Gasteiger partial charge in [-0.1, -0.05) is 67.2 Å². The number of alkyl halides is 1. The average molecular weight is 315 g/mol. The third-order valence-electron chi connectivity index (χ3n) is 2.64. The number of benzene rings is 2. The van der Waals surface area contributed by atoms with Gasteiger partial charge in [-0.15, -0.1) is 11.6 Å². The number of hydrogen-bond acceptors (Lipinski definition) is 2. The molecule has 114 valence electrons. The number of allylic oxidation sites excluding steroid dienone is 1. The second-order valence-electron chi connectivity index (χ2n) is 4.43. The van der Waals surface area contributed by atoms with Gasteiger partial charge in [-0.05, 0) is 22.8 Å². The van der Waals surface area contributed by atoms with E-state index in [0.717, 1.165) is 16.7 Å². The normalized spacial score (nSPS) is 9.73. The molecule has 2 nitrogen and oxygen atoms in total. The van der Waals surface area contributed by atoms with Crippen LogP contribution in [0.3, 0.4) is 0 Å². The maximum atomic E-state index is 10.4. The molecule has 0 radical (unpaired) electrons. The Bertz CT molecular complexity index is 604. The summed E-state index contributed by atoms with van der Waals surface area (Å²) >= 11 is 5.59. The largest absolute Gasteiger partial charge is 0.435 e. The fourth-order valence-corrected chi connectivity index (χ4v) is 1.68. The van der Waals surface area contributed by atoms with Gasteiger partial charge >= 0.3 is 5.97 Å². The fraction of sp³-hybridized carbons (Fsp3) is 0.105. The van der Waals surface area contributed by atoms with Gasteiger partial charge in [0.25, 0.3) is 0 Å². The molecule has 0 aliphatic rings. The zero-order valence-electron chi connectivity index (χ0n) is 12.5. The Labute approximate surface area is 136 Å². The van der Waals surface area contributed by atoms with Crippen molar-refractivity contribution in [3.63, 3.8) is 0 Å². The highest BCUT2D eigenvalue weighted by Gasteiger charge is 1.92. The molecule has 0 aromatic heterocycles. The van der Waals surface area contributed by atoms with Crippen molar-refractivity contribution in [1.29, 1.82) is 0 Å². The van der Waals surface area contributed by atoms with Crippen LogP contribution in [0.4, 0.5) is 0 Å². The zero-order valence-corrected chi connectivity index (χ0v) is 13.3. The van der Waals surface area contributed by atoms with Gasteiger partial charge in [0.1, 0.15) is 0 Å². The van der Waals surface area contributed by atoms with E-state index in [1.807, 2.05) is 60.7 Å². The van der Waals surface area contributed by atoms with E-state index in [0.29, 0.717) is 5.88 Å². The summed E-state index contributed by atoms with van der Waals surface area (Å²) in [6, 6.07) is 19.6. The van der Waals surface area contributed by atoms with Gasteiger partial charge in [-0.25, -0.2) is 0 Å². The summed E-state index contributed by atoms with van der Waals surface area (Å²) in [6.07, 6.45) is 3.12. The first-order valence-electron chi connectivity index (χ1n) is 6.81. The Morgan fingerprint density at radius 3 is 2.14 bits per heavy atom. The molecule has 0 saturated carbocycles. The minimum absolute atomic E-state index is 0.304. The molecule has 0 fully saturated rings. The van der Waals surface area contributed by atoms with E-state index in [4.69, 9.17) is 11.6 Å². The standard InChI is InChI=1S/C10H10O2.C9H9Cl/c1-9(11)12-8-7-10-5-3-2-4-6-10;1-8(7-10)9-5-3-2-4-6-9/h2-8H,1H3;2-6H,1,7H2. The van der Waals surface area contributed by atoms with E-state index in [1.54, 1.807) is 6.08 Å². The lowest BCUT2D eigenvalue weighted by atomic mass is 10.1. The molecule has 0 amide bonds. The number of rotatable bonds is 4. The number of ether oxygens (including phenoxy) is 1. The van der Waals surface area contributed by atoms with Crippen LogP contribution in [0.1, 0.15) is 18.1 Å². The molecular weight excluding hydrogens is 296 g/mol. The molecule has 2 aromatic rings. The number of halogens is 1. The minimum Gasteiger partial charge on any atom is -0.435 e. The Morgan fingerprint density at radius 2 is 1.64 bits per heavy atom. The summed E-state index contributed by atoms with van der Waals surface area (Å²) in [4.78, 5) is 10.4. The topological polar surface area (TPSA) is 26.3 Å². The second-order valence-corrected chi connectivity index (χ2v) is 4.69. The molecule has 0 heterocycles. The highest BCUT2D eigenvalue weighted by Crippen LogP contribution is 2.11. The SMILES string of the molecule is C=C(CCl)c1ccccc1.CC(=O)OC=Cc1ccccc1. The van der Waals surface area contributed by atoms with Crippen LogP contribution in [0.25, 0.3) is 11.6 Å². The summed E-state index contributed by atoms with van der Waals surface area (Å²) in [5.74, 6) is 0.200. The zero-order chi connectivity index (χ0) is 16.2. The van der Waals surface area contributed by atoms with E-state index in [9.17, 15) is 4.79 Å². The predicted molar refractivity (Wildman–Crippen MR) is 93.4 cm³/mol. The van der Waals surface area contributed by atoms with Gasteiger partial charge in [-0.2, -0.15) is 0 Å². The lowest BCUT2D eigenvalue weighted by Gasteiger charge is -1.98. The van der Waals surface area contributed by atoms with E-state index in [2.05, 4.69) is 11.3 Å². The Balaban J connectivity index is 0.000000224. The molecule has 0 aliphatic carbocycles. The van der Waals surface area contributed by atoms with Crippen LogP contribution in [-0.4, -0.2) is 11.8 Å². The predicted octanol–water partition coefficient (Wildman–Crippen LogP) is 5.16. The number of esters is 1. The van der Waals surface area contributed by atoms with Gasteiger partial charge in [0.15, 0.2) is 0 Å². The molecule has 0 N–H and O–H groups in total. The van der Waals surface area contributed by atoms with Crippen molar-refractivity contribution in [2.24, 2.45) is 0 Å². The molecule has 0 aliphatic heterocycles. The summed E-state index contributed by atoms with van der Waals surface area (Å²) < 4.78 is 4.63. The third kappa shape index (κ3) is 7.46. The van der Waals surface area contributed by atoms with E-state index in [1.165, 1.54) is 13.2 Å². The molecule has 0 unspecified atom stereocenters. The molecule has 2 aromatic carbocycles. The van der Waals surface area contributed by atoms with Crippen molar-refractivity contribution in [2.75, 3.05) is 5.88 Å². The number of hydrogen-bond donors (Lipinski definition) is 0. The molecule has 2 rings (SSSR count). The first-order chi connectivity index (χ1) is 10.6. The summed E-state index contributed by atoms with van der Waals surface area (Å²) in [7, 11) is 0. The second kappa shape index (κ2) is 10.4. The van der Waals surface area contributed by atoms with Crippen LogP contribution in [0, 0.1) is 0 Å². The van der Waals surface area contributed by atoms with Gasteiger partial charge < -0.3 is 4.74 Å². The molecule has 0 spiro atoms. The van der Waals surface area contributed by atoms with Crippen molar-refractivity contribution in [3.05, 3.63) is 84.6 Å². The Hall–Kier alpha value is -2.32. The van der Waals surface area contributed by atoms with Crippen LogP contribution < -0.4 is 0 Å². The summed E-state index contributed by atoms with van der Waals surface area (Å²) in [5, 5.41) is 0. The molecule has 3 heteroatoms. The Kier molecular flexibility index (Phi) is 8.39. The van der Waals surface area contributed by atoms with Gasteiger partial charge in [-0.3, -0.25) is 4.79 Å². The maximum absolute atomic E-state index is 10.4. The fourth-order valence-electron chi connectivity index (χ4n) is 1.52. The van der Waals surface area contributed by atoms with E-state index >= 15 is 0 Å². The Morgan fingerprint density at radius 1 is 1.09 bits per heavy atom. The van der Waals surface area contributed by atoms with Crippen molar-refractivity contribution in [3.8, 4) is 0 Å². The van der Waals surface area contributed by atoms with Crippen molar-refractivity contribution < 1.29 is 9.53 Å². The summed E-state index contributed by atoms with van der Waals surface area (Å²) in [5.41, 5.74) is 3.11. The lowest BCUT2D eigenvalue weighted by Crippen LogP contribution is -1.88. The molecule has 0 atom stereocenters. The molecule has 0 bridgehead atoms. The van der Waals surface area contributed by atoms with Crippen LogP contribution in [0.5, 0.6) is 0 Å². The van der Waals surface area contributed by atoms with Crippen LogP contribution in [0.2, 0.25) is 0 Å². The molecule has 22 heavy (non-hydrogen) atoms. The van der Waals surface area contributed by atoms with Crippen LogP contribution >= 0.6 is 11.6 Å². The van der Waals surface area contributed by atoms with Crippen LogP contribution in [-0.2, 0) is 9.53 Å². The maximum Gasteiger partial charge on any atom is 0.307 e. The monoisotopic (exact) mass is 314 g/mol. The van der Waals surface area contributed by atoms with Crippen molar-refractivity contribution >= 4 is 29.2 Å². The minimum atomic E-state index is -0.304. The van der Waals surface area contributed by atoms with Crippen LogP contribution in [0.15, 0.2) is 73.5 Å². The molecule has 0 saturated heterocycles. The first-order valence-corrected chi connectivity index (χ1v) is 7.35. The first kappa shape index (κ1) is 17.7. The number of carbonyl (C=O) groups excluding carboxylic acids is 1. The van der Waals surface area contributed by atoms with Gasteiger partial charge in [0, 0.05) is 12.8 Å². The smallest absolute Gasteiger partial charge is 0.307 e. The van der Waals surface area contributed by atoms with E-state index in [-0.39, 0.29) is 5.97 Å². The summed E-state index contributed by atoms with van der Waals surface area (Å²) in [6.45, 7) is 5.18. The number of carbonyl (C=O) groups is 1.